The molecule has 3 rings (SSSR count). The molecular formula is C17H13Cl2F3N2O4. The number of nitrogens with one attached hydrogen (secondary N) is 1. The molecule has 0 spiro atoms. The van der Waals surface area contributed by atoms with Crippen LogP contribution in [0.15, 0.2) is 29.2 Å². The molecular weight excluding hydrogens is 424 g/mol. The summed E-state index contributed by atoms with van der Waals surface area (Å²) in [5.74, 6) is 0.0201. The Balaban J connectivity index is 1.83. The fraction of sp³-hybridized carbons (Fsp3) is 0.294. The minimum atomic E-state index is -4.72. The van der Waals surface area contributed by atoms with Crippen LogP contribution in [0.1, 0.15) is 12.0 Å². The van der Waals surface area contributed by atoms with Gasteiger partial charge in [0.15, 0.2) is 11.5 Å². The van der Waals surface area contributed by atoms with Crippen molar-refractivity contribution < 1.29 is 27.4 Å². The zero-order chi connectivity index (χ0) is 20.5. The van der Waals surface area contributed by atoms with Gasteiger partial charge in [0.2, 0.25) is 5.91 Å². The molecule has 2 aromatic rings. The summed E-state index contributed by atoms with van der Waals surface area (Å²) >= 11 is 11.7. The van der Waals surface area contributed by atoms with Gasteiger partial charge in [0.1, 0.15) is 11.6 Å². The highest BCUT2D eigenvalue weighted by Gasteiger charge is 2.32. The summed E-state index contributed by atoms with van der Waals surface area (Å²) < 4.78 is 50.2. The summed E-state index contributed by atoms with van der Waals surface area (Å²) in [6, 6.07) is 3.42. The normalized spacial score (nSPS) is 13.8. The Morgan fingerprint density at radius 3 is 2.39 bits per heavy atom. The predicted octanol–water partition coefficient (Wildman–Crippen LogP) is 3.97. The predicted molar refractivity (Wildman–Crippen MR) is 96.4 cm³/mol. The molecule has 2 heterocycles. The molecule has 1 aliphatic rings. The fourth-order valence-electron chi connectivity index (χ4n) is 2.50. The lowest BCUT2D eigenvalue weighted by Crippen LogP contribution is -2.29. The zero-order valence-corrected chi connectivity index (χ0v) is 15.6. The second kappa shape index (κ2) is 7.92. The standard InChI is InChI=1S/C17H13Cl2F3N2O4/c18-10-5-13-14(28-3-1-2-27-13)6-12(10)23-15(25)8-24-7-9(17(20,21)22)4-11(19)16(24)26/h4-7H,1-3,8H2,(H,23,25). The number of aromatic nitrogens is 1. The number of fused-ring (bicyclic) bond motifs is 1. The Morgan fingerprint density at radius 2 is 1.75 bits per heavy atom. The van der Waals surface area contributed by atoms with Crippen molar-refractivity contribution in [3.63, 3.8) is 0 Å². The number of rotatable bonds is 3. The maximum Gasteiger partial charge on any atom is 0.417 e. The number of pyridine rings is 1. The smallest absolute Gasteiger partial charge is 0.417 e. The second-order valence-corrected chi connectivity index (χ2v) is 6.70. The number of alkyl halides is 3. The van der Waals surface area contributed by atoms with E-state index in [1.54, 1.807) is 0 Å². The largest absolute Gasteiger partial charge is 0.490 e. The third kappa shape index (κ3) is 4.53. The van der Waals surface area contributed by atoms with Gasteiger partial charge in [-0.05, 0) is 6.07 Å². The molecule has 0 saturated carbocycles. The topological polar surface area (TPSA) is 69.6 Å². The summed E-state index contributed by atoms with van der Waals surface area (Å²) in [7, 11) is 0. The van der Waals surface area contributed by atoms with Crippen molar-refractivity contribution >= 4 is 34.8 Å². The second-order valence-electron chi connectivity index (χ2n) is 5.88. The highest BCUT2D eigenvalue weighted by molar-refractivity contribution is 6.34. The van der Waals surface area contributed by atoms with Gasteiger partial charge in [-0.25, -0.2) is 0 Å². The van der Waals surface area contributed by atoms with Crippen molar-refractivity contribution in [1.82, 2.24) is 4.57 Å². The number of ether oxygens (including phenoxy) is 2. The quantitative estimate of drug-likeness (QED) is 0.789. The summed E-state index contributed by atoms with van der Waals surface area (Å²) in [6.45, 7) is 0.182. The molecule has 1 N–H and O–H groups in total. The summed E-state index contributed by atoms with van der Waals surface area (Å²) in [4.78, 5) is 24.2. The van der Waals surface area contributed by atoms with Crippen molar-refractivity contribution in [2.45, 2.75) is 19.1 Å². The molecule has 1 aromatic heterocycles. The van der Waals surface area contributed by atoms with E-state index in [0.29, 0.717) is 48.0 Å². The van der Waals surface area contributed by atoms with Crippen LogP contribution >= 0.6 is 23.2 Å². The van der Waals surface area contributed by atoms with E-state index >= 15 is 0 Å². The molecule has 150 valence electrons. The zero-order valence-electron chi connectivity index (χ0n) is 14.1. The average Bonchev–Trinajstić information content (AvgIpc) is 2.83. The number of carbonyl (C=O) groups excluding carboxylic acids is 1. The van der Waals surface area contributed by atoms with E-state index in [2.05, 4.69) is 5.32 Å². The van der Waals surface area contributed by atoms with E-state index in [1.807, 2.05) is 0 Å². The SMILES string of the molecule is O=C(Cn1cc(C(F)(F)F)cc(Cl)c1=O)Nc1cc2c(cc1Cl)OCCCO2. The minimum Gasteiger partial charge on any atom is -0.490 e. The highest BCUT2D eigenvalue weighted by atomic mass is 35.5. The molecule has 0 aliphatic carbocycles. The van der Waals surface area contributed by atoms with Crippen LogP contribution in [0.2, 0.25) is 10.0 Å². The van der Waals surface area contributed by atoms with Gasteiger partial charge in [0.25, 0.3) is 5.56 Å². The van der Waals surface area contributed by atoms with E-state index in [4.69, 9.17) is 32.7 Å². The van der Waals surface area contributed by atoms with Crippen LogP contribution in [0.25, 0.3) is 0 Å². The van der Waals surface area contributed by atoms with Crippen molar-refractivity contribution in [3.05, 3.63) is 50.4 Å². The van der Waals surface area contributed by atoms with Crippen LogP contribution < -0.4 is 20.3 Å². The fourth-order valence-corrected chi connectivity index (χ4v) is 2.92. The third-order valence-corrected chi connectivity index (χ3v) is 4.38. The van der Waals surface area contributed by atoms with E-state index in [0.717, 1.165) is 0 Å². The first kappa shape index (κ1) is 20.3. The maximum atomic E-state index is 12.9. The van der Waals surface area contributed by atoms with Gasteiger partial charge in [0.05, 0.1) is 29.5 Å². The van der Waals surface area contributed by atoms with Crippen LogP contribution in [0.4, 0.5) is 18.9 Å². The first-order chi connectivity index (χ1) is 13.1. The first-order valence-electron chi connectivity index (χ1n) is 8.01. The highest BCUT2D eigenvalue weighted by Crippen LogP contribution is 2.37. The van der Waals surface area contributed by atoms with Crippen LogP contribution in [-0.4, -0.2) is 23.7 Å². The maximum absolute atomic E-state index is 12.9. The average molecular weight is 437 g/mol. The lowest BCUT2D eigenvalue weighted by molar-refractivity contribution is -0.138. The monoisotopic (exact) mass is 436 g/mol. The third-order valence-electron chi connectivity index (χ3n) is 3.79. The molecule has 0 radical (unpaired) electrons. The molecule has 6 nitrogen and oxygen atoms in total. The molecule has 0 saturated heterocycles. The van der Waals surface area contributed by atoms with Gasteiger partial charge in [-0.1, -0.05) is 23.2 Å². The molecule has 1 aliphatic heterocycles. The Bertz CT molecular complexity index is 976. The Hall–Kier alpha value is -2.39. The van der Waals surface area contributed by atoms with E-state index in [9.17, 15) is 22.8 Å². The van der Waals surface area contributed by atoms with Gasteiger partial charge in [-0.2, -0.15) is 13.2 Å². The van der Waals surface area contributed by atoms with Crippen molar-refractivity contribution in [3.8, 4) is 11.5 Å². The number of hydrogen-bond acceptors (Lipinski definition) is 4. The lowest BCUT2D eigenvalue weighted by atomic mass is 10.2. The molecule has 0 atom stereocenters. The molecule has 0 bridgehead atoms. The molecule has 0 fully saturated rings. The van der Waals surface area contributed by atoms with Crippen LogP contribution in [0, 0.1) is 0 Å². The van der Waals surface area contributed by atoms with Crippen LogP contribution in [0.3, 0.4) is 0 Å². The minimum absolute atomic E-state index is 0.145. The van der Waals surface area contributed by atoms with Crippen LogP contribution in [-0.2, 0) is 17.5 Å². The number of nitrogens with zero attached hydrogens (tertiary/aromatic N) is 1. The summed E-state index contributed by atoms with van der Waals surface area (Å²) in [5.41, 5.74) is -1.89. The number of halogens is 5. The van der Waals surface area contributed by atoms with E-state index in [-0.39, 0.29) is 10.7 Å². The Morgan fingerprint density at radius 1 is 1.11 bits per heavy atom. The number of hydrogen-bond donors (Lipinski definition) is 1. The van der Waals surface area contributed by atoms with Gasteiger partial charge < -0.3 is 19.4 Å². The number of carbonyl (C=O) groups is 1. The number of amides is 1. The number of anilines is 1. The molecule has 11 heteroatoms. The van der Waals surface area contributed by atoms with Gasteiger partial charge in [-0.3, -0.25) is 9.59 Å². The first-order valence-corrected chi connectivity index (χ1v) is 8.77. The summed E-state index contributed by atoms with van der Waals surface area (Å²) in [5, 5.41) is 1.95. The molecule has 1 aromatic carbocycles. The van der Waals surface area contributed by atoms with E-state index < -0.39 is 34.8 Å². The van der Waals surface area contributed by atoms with Crippen molar-refractivity contribution in [2.75, 3.05) is 18.5 Å². The van der Waals surface area contributed by atoms with Crippen molar-refractivity contribution in [2.24, 2.45) is 0 Å². The van der Waals surface area contributed by atoms with Crippen molar-refractivity contribution in [1.29, 1.82) is 0 Å². The summed E-state index contributed by atoms with van der Waals surface area (Å²) in [6.07, 6.45) is -3.51. The molecule has 0 unspecified atom stereocenters. The lowest BCUT2D eigenvalue weighted by Gasteiger charge is -2.14. The van der Waals surface area contributed by atoms with Crippen LogP contribution in [0.5, 0.6) is 11.5 Å². The molecule has 1 amide bonds. The van der Waals surface area contributed by atoms with E-state index in [1.165, 1.54) is 12.1 Å². The van der Waals surface area contributed by atoms with Gasteiger partial charge in [0, 0.05) is 24.8 Å². The Kier molecular flexibility index (Phi) is 5.76. The van der Waals surface area contributed by atoms with Gasteiger partial charge >= 0.3 is 6.18 Å². The Labute approximate surface area is 166 Å². The molecule has 28 heavy (non-hydrogen) atoms. The van der Waals surface area contributed by atoms with Gasteiger partial charge in [-0.15, -0.1) is 0 Å². The number of benzene rings is 1.